The Morgan fingerprint density at radius 3 is 2.33 bits per heavy atom. The van der Waals surface area contributed by atoms with Gasteiger partial charge in [0.05, 0.1) is 25.8 Å². The van der Waals surface area contributed by atoms with Crippen molar-refractivity contribution in [2.24, 2.45) is 5.92 Å². The van der Waals surface area contributed by atoms with E-state index in [1.807, 2.05) is 90.9 Å². The van der Waals surface area contributed by atoms with Gasteiger partial charge >= 0.3 is 12.2 Å². The molecule has 0 spiro atoms. The van der Waals surface area contributed by atoms with Crippen LogP contribution in [0.4, 0.5) is 15.4 Å². The maximum atomic E-state index is 13.3. The molecule has 8 heteroatoms. The molecule has 39 heavy (non-hydrogen) atoms. The number of carbonyl (C=O) groups excluding carboxylic acids is 2. The molecule has 1 aliphatic rings. The van der Waals surface area contributed by atoms with E-state index in [1.165, 1.54) is 0 Å². The van der Waals surface area contributed by atoms with Gasteiger partial charge in [0, 0.05) is 18.2 Å². The third kappa shape index (κ3) is 9.39. The van der Waals surface area contributed by atoms with Gasteiger partial charge in [-0.25, -0.2) is 14.6 Å². The molecule has 1 aromatic heterocycles. The first-order valence-electron chi connectivity index (χ1n) is 13.5. The van der Waals surface area contributed by atoms with Crippen molar-refractivity contribution in [3.05, 3.63) is 71.9 Å². The van der Waals surface area contributed by atoms with E-state index in [9.17, 15) is 9.59 Å². The minimum Gasteiger partial charge on any atom is -0.444 e. The third-order valence-electron chi connectivity index (χ3n) is 6.02. The minimum atomic E-state index is -0.649. The quantitative estimate of drug-likeness (QED) is 0.367. The van der Waals surface area contributed by atoms with Crippen molar-refractivity contribution in [1.82, 2.24) is 9.88 Å². The summed E-state index contributed by atoms with van der Waals surface area (Å²) in [5, 5.41) is 0. The average Bonchev–Trinajstić information content (AvgIpc) is 3.22. The Balaban J connectivity index is 1.88. The summed E-state index contributed by atoms with van der Waals surface area (Å²) < 4.78 is 17.4. The highest BCUT2D eigenvalue weighted by Gasteiger charge is 2.38. The first-order valence-corrected chi connectivity index (χ1v) is 13.5. The van der Waals surface area contributed by atoms with Crippen molar-refractivity contribution < 1.29 is 23.8 Å². The van der Waals surface area contributed by atoms with Crippen molar-refractivity contribution in [3.8, 4) is 0 Å². The van der Waals surface area contributed by atoms with Crippen LogP contribution in [0.2, 0.25) is 0 Å². The van der Waals surface area contributed by atoms with E-state index in [2.05, 4.69) is 6.58 Å². The molecule has 0 aliphatic carbocycles. The number of pyridine rings is 1. The van der Waals surface area contributed by atoms with Gasteiger partial charge in [0.1, 0.15) is 17.0 Å². The molecular weight excluding hydrogens is 494 g/mol. The molecule has 0 bridgehead atoms. The molecule has 1 aliphatic heterocycles. The lowest BCUT2D eigenvalue weighted by molar-refractivity contribution is 0.0225. The van der Waals surface area contributed by atoms with Crippen LogP contribution >= 0.6 is 0 Å². The molecular formula is C31H43N3O5. The fourth-order valence-electron chi connectivity index (χ4n) is 4.45. The number of anilines is 1. The van der Waals surface area contributed by atoms with Gasteiger partial charge in [-0.2, -0.15) is 0 Å². The van der Waals surface area contributed by atoms with Crippen LogP contribution in [0.5, 0.6) is 0 Å². The SMILES string of the molecule is C=CCO[C@H]1CN(C(=O)OC(C)(C)C)C[C@H]1Cc1cc(C)cc(N(Cc2ccccc2)C(=O)OC(C)(C)C)n1. The zero-order valence-corrected chi connectivity index (χ0v) is 24.4. The smallest absolute Gasteiger partial charge is 0.416 e. The first kappa shape index (κ1) is 30.2. The van der Waals surface area contributed by atoms with E-state index >= 15 is 0 Å². The Bertz CT molecular complexity index is 1140. The largest absolute Gasteiger partial charge is 0.444 e. The van der Waals surface area contributed by atoms with Gasteiger partial charge in [0.25, 0.3) is 0 Å². The van der Waals surface area contributed by atoms with Crippen LogP contribution in [-0.2, 0) is 27.2 Å². The number of aromatic nitrogens is 1. The second kappa shape index (κ2) is 12.6. The van der Waals surface area contributed by atoms with E-state index < -0.39 is 17.3 Å². The molecule has 0 saturated carbocycles. The predicted octanol–water partition coefficient (Wildman–Crippen LogP) is 6.31. The van der Waals surface area contributed by atoms with Gasteiger partial charge in [-0.1, -0.05) is 36.4 Å². The van der Waals surface area contributed by atoms with E-state index in [-0.39, 0.29) is 18.1 Å². The Hall–Kier alpha value is -3.39. The van der Waals surface area contributed by atoms with Crippen LogP contribution in [0.25, 0.3) is 0 Å². The molecule has 0 N–H and O–H groups in total. The van der Waals surface area contributed by atoms with Gasteiger partial charge in [0.2, 0.25) is 0 Å². The highest BCUT2D eigenvalue weighted by atomic mass is 16.6. The summed E-state index contributed by atoms with van der Waals surface area (Å²) in [5.74, 6) is 0.525. The molecule has 3 rings (SSSR count). The number of hydrogen-bond acceptors (Lipinski definition) is 6. The summed E-state index contributed by atoms with van der Waals surface area (Å²) in [6.45, 7) is 18.5. The number of likely N-dealkylation sites (tertiary alicyclic amines) is 1. The van der Waals surface area contributed by atoms with Gasteiger partial charge in [0.15, 0.2) is 0 Å². The van der Waals surface area contributed by atoms with Gasteiger partial charge in [-0.15, -0.1) is 6.58 Å². The molecule has 2 heterocycles. The molecule has 1 aromatic carbocycles. The highest BCUT2D eigenvalue weighted by molar-refractivity contribution is 5.86. The van der Waals surface area contributed by atoms with Gasteiger partial charge < -0.3 is 19.1 Å². The lowest BCUT2D eigenvalue weighted by Crippen LogP contribution is -2.37. The molecule has 0 unspecified atom stereocenters. The van der Waals surface area contributed by atoms with Gasteiger partial charge in [-0.05, 0) is 78.1 Å². The minimum absolute atomic E-state index is 0.00344. The Morgan fingerprint density at radius 1 is 1.05 bits per heavy atom. The third-order valence-corrected chi connectivity index (χ3v) is 6.02. The molecule has 2 amide bonds. The van der Waals surface area contributed by atoms with Crippen LogP contribution < -0.4 is 4.90 Å². The molecule has 0 radical (unpaired) electrons. The number of carbonyl (C=O) groups is 2. The van der Waals surface area contributed by atoms with Crippen molar-refractivity contribution >= 4 is 18.0 Å². The molecule has 212 valence electrons. The monoisotopic (exact) mass is 537 g/mol. The summed E-state index contributed by atoms with van der Waals surface area (Å²) in [6.07, 6.45) is 1.28. The first-order chi connectivity index (χ1) is 18.2. The van der Waals surface area contributed by atoms with Gasteiger partial charge in [-0.3, -0.25) is 4.90 Å². The van der Waals surface area contributed by atoms with Crippen LogP contribution in [0.15, 0.2) is 55.1 Å². The lowest BCUT2D eigenvalue weighted by atomic mass is 9.98. The van der Waals surface area contributed by atoms with E-state index in [4.69, 9.17) is 19.2 Å². The normalized spacial score (nSPS) is 17.6. The molecule has 2 atom stereocenters. The fourth-order valence-corrected chi connectivity index (χ4v) is 4.45. The molecule has 1 fully saturated rings. The maximum Gasteiger partial charge on any atom is 0.416 e. The van der Waals surface area contributed by atoms with Crippen LogP contribution in [0.1, 0.15) is 58.4 Å². The summed E-state index contributed by atoms with van der Waals surface area (Å²) in [5.41, 5.74) is 1.53. The van der Waals surface area contributed by atoms with Crippen molar-refractivity contribution in [2.45, 2.75) is 78.7 Å². The second-order valence-corrected chi connectivity index (χ2v) is 12.1. The zero-order chi connectivity index (χ0) is 28.8. The standard InChI is InChI=1S/C31H43N3O5/c1-9-15-37-26-21-33(28(35)38-30(3,4)5)20-24(26)18-25-16-22(2)17-27(32-25)34(29(36)39-31(6,7)8)19-23-13-11-10-12-14-23/h9-14,16-17,24,26H,1,15,18-21H2,2-8H3/t24-,26+/m1/s1. The summed E-state index contributed by atoms with van der Waals surface area (Å²) in [6, 6.07) is 13.7. The maximum absolute atomic E-state index is 13.3. The molecule has 8 nitrogen and oxygen atoms in total. The van der Waals surface area contributed by atoms with Crippen molar-refractivity contribution in [1.29, 1.82) is 0 Å². The van der Waals surface area contributed by atoms with Crippen LogP contribution in [-0.4, -0.2) is 59.1 Å². The molecule has 1 saturated heterocycles. The zero-order valence-electron chi connectivity index (χ0n) is 24.4. The summed E-state index contributed by atoms with van der Waals surface area (Å²) in [4.78, 5) is 34.3. The Kier molecular flexibility index (Phi) is 9.78. The Labute approximate surface area is 232 Å². The topological polar surface area (TPSA) is 81.2 Å². The average molecular weight is 538 g/mol. The second-order valence-electron chi connectivity index (χ2n) is 12.1. The highest BCUT2D eigenvalue weighted by Crippen LogP contribution is 2.28. The van der Waals surface area contributed by atoms with E-state index in [0.717, 1.165) is 16.8 Å². The number of nitrogens with zero attached hydrogens (tertiary/aromatic N) is 3. The summed E-state index contributed by atoms with van der Waals surface area (Å²) in [7, 11) is 0. The van der Waals surface area contributed by atoms with E-state index in [1.54, 1.807) is 15.9 Å². The number of amides is 2. The number of benzene rings is 1. The number of ether oxygens (including phenoxy) is 3. The van der Waals surface area contributed by atoms with E-state index in [0.29, 0.717) is 38.5 Å². The fraction of sp³-hybridized carbons (Fsp3) is 0.516. The number of rotatable bonds is 8. The van der Waals surface area contributed by atoms with Crippen molar-refractivity contribution in [3.63, 3.8) is 0 Å². The number of hydrogen-bond donors (Lipinski definition) is 0. The van der Waals surface area contributed by atoms with Crippen LogP contribution in [0, 0.1) is 12.8 Å². The number of aryl methyl sites for hydroxylation is 1. The Morgan fingerprint density at radius 2 is 1.72 bits per heavy atom. The molecule has 2 aromatic rings. The van der Waals surface area contributed by atoms with Crippen molar-refractivity contribution in [2.75, 3.05) is 24.6 Å². The summed E-state index contributed by atoms with van der Waals surface area (Å²) >= 11 is 0. The van der Waals surface area contributed by atoms with Crippen LogP contribution in [0.3, 0.4) is 0 Å². The lowest BCUT2D eigenvalue weighted by Gasteiger charge is -2.27. The predicted molar refractivity (Wildman–Crippen MR) is 153 cm³/mol.